The average Bonchev–Trinajstić information content (AvgIpc) is 3.02. The maximum Gasteiger partial charge on any atom is 0.278 e. The highest BCUT2D eigenvalue weighted by Gasteiger charge is 2.29. The molecule has 1 saturated heterocycles. The number of aromatic nitrogens is 4. The lowest BCUT2D eigenvalue weighted by molar-refractivity contribution is 0.0516. The number of methoxy groups -OCH3 is 2. The molecule has 1 fully saturated rings. The molecule has 2 aromatic rings. The van der Waals surface area contributed by atoms with Crippen LogP contribution in [0.3, 0.4) is 0 Å². The quantitative estimate of drug-likeness (QED) is 0.794. The Hall–Kier alpha value is -2.84. The zero-order valence-electron chi connectivity index (χ0n) is 14.5. The zero-order valence-corrected chi connectivity index (χ0v) is 14.5. The second kappa shape index (κ2) is 7.37. The highest BCUT2D eigenvalue weighted by Crippen LogP contribution is 2.25. The van der Waals surface area contributed by atoms with E-state index in [0.29, 0.717) is 36.3 Å². The van der Waals surface area contributed by atoms with E-state index in [1.807, 2.05) is 0 Å². The van der Waals surface area contributed by atoms with Gasteiger partial charge in [-0.05, 0) is 12.8 Å². The molecule has 0 radical (unpaired) electrons. The van der Waals surface area contributed by atoms with Gasteiger partial charge in [-0.2, -0.15) is 0 Å². The minimum absolute atomic E-state index is 0.121. The first-order valence-electron chi connectivity index (χ1n) is 8.01. The Labute approximate surface area is 145 Å². The predicted molar refractivity (Wildman–Crippen MR) is 87.9 cm³/mol. The number of piperidine rings is 1. The molecular formula is C16H21N5O4. The van der Waals surface area contributed by atoms with E-state index < -0.39 is 0 Å². The van der Waals surface area contributed by atoms with Gasteiger partial charge in [0.1, 0.15) is 11.7 Å². The largest absolute Gasteiger partial charge is 0.479 e. The van der Waals surface area contributed by atoms with E-state index in [2.05, 4.69) is 15.1 Å². The molecule has 1 aliphatic heterocycles. The van der Waals surface area contributed by atoms with Crippen LogP contribution in [0.25, 0.3) is 0 Å². The van der Waals surface area contributed by atoms with Gasteiger partial charge in [0.05, 0.1) is 20.8 Å². The number of aryl methyl sites for hydroxylation is 1. The molecule has 0 aliphatic carbocycles. The molecule has 0 N–H and O–H groups in total. The summed E-state index contributed by atoms with van der Waals surface area (Å²) >= 11 is 0. The molecule has 3 heterocycles. The second-order valence-corrected chi connectivity index (χ2v) is 5.73. The Morgan fingerprint density at radius 1 is 1.16 bits per heavy atom. The topological polar surface area (TPSA) is 91.6 Å². The molecule has 3 rings (SSSR count). The van der Waals surface area contributed by atoms with E-state index in [-0.39, 0.29) is 12.0 Å². The van der Waals surface area contributed by atoms with Gasteiger partial charge in [0.15, 0.2) is 0 Å². The average molecular weight is 347 g/mol. The fourth-order valence-electron chi connectivity index (χ4n) is 2.85. The summed E-state index contributed by atoms with van der Waals surface area (Å²) in [6.45, 7) is 1.12. The van der Waals surface area contributed by atoms with Crippen molar-refractivity contribution in [1.29, 1.82) is 0 Å². The van der Waals surface area contributed by atoms with Crippen LogP contribution in [0.15, 0.2) is 18.6 Å². The fourth-order valence-corrected chi connectivity index (χ4v) is 2.85. The Bertz CT molecular complexity index is 748. The third-order valence-corrected chi connectivity index (χ3v) is 3.99. The van der Waals surface area contributed by atoms with Crippen molar-refractivity contribution in [3.63, 3.8) is 0 Å². The van der Waals surface area contributed by atoms with Crippen LogP contribution in [0.4, 0.5) is 0 Å². The van der Waals surface area contributed by atoms with Crippen LogP contribution in [0, 0.1) is 0 Å². The molecule has 9 nitrogen and oxygen atoms in total. The van der Waals surface area contributed by atoms with Crippen LogP contribution in [0.5, 0.6) is 17.6 Å². The molecule has 1 aliphatic rings. The second-order valence-electron chi connectivity index (χ2n) is 5.73. The van der Waals surface area contributed by atoms with Crippen LogP contribution in [0.1, 0.15) is 23.2 Å². The van der Waals surface area contributed by atoms with Crippen LogP contribution in [-0.4, -0.2) is 64.0 Å². The van der Waals surface area contributed by atoms with Crippen molar-refractivity contribution in [1.82, 2.24) is 24.6 Å². The Kier molecular flexibility index (Phi) is 5.01. The minimum atomic E-state index is -0.175. The van der Waals surface area contributed by atoms with Gasteiger partial charge in [-0.3, -0.25) is 9.48 Å². The molecular weight excluding hydrogens is 326 g/mol. The summed E-state index contributed by atoms with van der Waals surface area (Å²) in [7, 11) is 4.77. The number of nitrogens with zero attached hydrogens (tertiary/aromatic N) is 5. The minimum Gasteiger partial charge on any atom is -0.479 e. The lowest BCUT2D eigenvalue weighted by Crippen LogP contribution is -2.44. The van der Waals surface area contributed by atoms with Gasteiger partial charge in [-0.15, -0.1) is 5.10 Å². The summed E-state index contributed by atoms with van der Waals surface area (Å²) in [5, 5.41) is 4.14. The molecule has 2 aromatic heterocycles. The van der Waals surface area contributed by atoms with E-state index in [1.165, 1.54) is 20.4 Å². The SMILES string of the molecule is COc1nn(C)cc1C(=O)N1CCCC(Oc2nccnc2OC)C1. The first-order valence-corrected chi connectivity index (χ1v) is 8.01. The lowest BCUT2D eigenvalue weighted by atomic mass is 10.1. The lowest BCUT2D eigenvalue weighted by Gasteiger charge is -2.32. The predicted octanol–water partition coefficient (Wildman–Crippen LogP) is 0.911. The van der Waals surface area contributed by atoms with Crippen molar-refractivity contribution < 1.29 is 19.0 Å². The van der Waals surface area contributed by atoms with Crippen molar-refractivity contribution in [2.24, 2.45) is 7.05 Å². The van der Waals surface area contributed by atoms with E-state index in [4.69, 9.17) is 14.2 Å². The molecule has 0 spiro atoms. The van der Waals surface area contributed by atoms with Gasteiger partial charge in [0.25, 0.3) is 17.7 Å². The van der Waals surface area contributed by atoms with Crippen molar-refractivity contribution in [2.45, 2.75) is 18.9 Å². The van der Waals surface area contributed by atoms with Gasteiger partial charge < -0.3 is 19.1 Å². The molecule has 25 heavy (non-hydrogen) atoms. The summed E-state index contributed by atoms with van der Waals surface area (Å²) in [4.78, 5) is 22.8. The van der Waals surface area contributed by atoms with Crippen molar-refractivity contribution in [3.8, 4) is 17.6 Å². The molecule has 1 atom stereocenters. The maximum atomic E-state index is 12.8. The summed E-state index contributed by atoms with van der Waals surface area (Å²) < 4.78 is 17.8. The molecule has 1 unspecified atom stereocenters. The monoisotopic (exact) mass is 347 g/mol. The highest BCUT2D eigenvalue weighted by atomic mass is 16.5. The zero-order chi connectivity index (χ0) is 17.8. The standard InChI is InChI=1S/C16H21N5O4/c1-20-10-12(13(19-20)23-2)16(22)21-8-4-5-11(9-21)25-15-14(24-3)17-6-7-18-15/h6-7,10-11H,4-5,8-9H2,1-3H3. The molecule has 0 saturated carbocycles. The number of amides is 1. The fraction of sp³-hybridized carbons (Fsp3) is 0.500. The van der Waals surface area contributed by atoms with Crippen LogP contribution in [-0.2, 0) is 7.05 Å². The molecule has 134 valence electrons. The van der Waals surface area contributed by atoms with Crippen molar-refractivity contribution in [3.05, 3.63) is 24.2 Å². The van der Waals surface area contributed by atoms with E-state index in [0.717, 1.165) is 12.8 Å². The third kappa shape index (κ3) is 3.65. The van der Waals surface area contributed by atoms with Gasteiger partial charge >= 0.3 is 0 Å². The smallest absolute Gasteiger partial charge is 0.278 e. The van der Waals surface area contributed by atoms with Crippen molar-refractivity contribution >= 4 is 5.91 Å². The molecule has 0 bridgehead atoms. The summed E-state index contributed by atoms with van der Waals surface area (Å²) in [5.74, 6) is 0.874. The number of carbonyl (C=O) groups excluding carboxylic acids is 1. The van der Waals surface area contributed by atoms with Gasteiger partial charge in [-0.1, -0.05) is 0 Å². The van der Waals surface area contributed by atoms with E-state index in [1.54, 1.807) is 29.0 Å². The highest BCUT2D eigenvalue weighted by molar-refractivity contribution is 5.96. The first kappa shape index (κ1) is 17.0. The summed E-state index contributed by atoms with van der Waals surface area (Å²) in [5.41, 5.74) is 0.447. The van der Waals surface area contributed by atoms with Gasteiger partial charge in [0.2, 0.25) is 5.88 Å². The number of likely N-dealkylation sites (tertiary alicyclic amines) is 1. The number of hydrogen-bond donors (Lipinski definition) is 0. The summed E-state index contributed by atoms with van der Waals surface area (Å²) in [6, 6.07) is 0. The Morgan fingerprint density at radius 2 is 1.88 bits per heavy atom. The van der Waals surface area contributed by atoms with Crippen LogP contribution >= 0.6 is 0 Å². The van der Waals surface area contributed by atoms with Crippen LogP contribution < -0.4 is 14.2 Å². The number of ether oxygens (including phenoxy) is 3. The van der Waals surface area contributed by atoms with Crippen LogP contribution in [0.2, 0.25) is 0 Å². The number of rotatable bonds is 5. The van der Waals surface area contributed by atoms with Gasteiger partial charge in [0, 0.05) is 32.2 Å². The molecule has 0 aromatic carbocycles. The third-order valence-electron chi connectivity index (χ3n) is 3.99. The van der Waals surface area contributed by atoms with E-state index in [9.17, 15) is 4.79 Å². The molecule has 1 amide bonds. The normalized spacial score (nSPS) is 17.2. The maximum absolute atomic E-state index is 12.8. The summed E-state index contributed by atoms with van der Waals surface area (Å²) in [6.07, 6.45) is 6.24. The van der Waals surface area contributed by atoms with Gasteiger partial charge in [-0.25, -0.2) is 9.97 Å². The Balaban J connectivity index is 1.71. The number of hydrogen-bond acceptors (Lipinski definition) is 7. The molecule has 9 heteroatoms. The first-order chi connectivity index (χ1) is 12.1. The van der Waals surface area contributed by atoms with E-state index >= 15 is 0 Å². The van der Waals surface area contributed by atoms with Crippen molar-refractivity contribution in [2.75, 3.05) is 27.3 Å². The Morgan fingerprint density at radius 3 is 2.60 bits per heavy atom. The number of carbonyl (C=O) groups is 1.